The van der Waals surface area contributed by atoms with Gasteiger partial charge in [0, 0.05) is 61.5 Å². The van der Waals surface area contributed by atoms with Gasteiger partial charge in [-0.15, -0.1) is 11.3 Å². The number of nitrogens with zero attached hydrogens (tertiary/aromatic N) is 6. The number of hydrogen-bond donors (Lipinski definition) is 0. The minimum Gasteiger partial charge on any atom is -0.337 e. The van der Waals surface area contributed by atoms with E-state index in [1.165, 1.54) is 36.5 Å². The van der Waals surface area contributed by atoms with Crippen LogP contribution in [0.25, 0.3) is 10.6 Å². The van der Waals surface area contributed by atoms with Crippen LogP contribution < -0.4 is 0 Å². The predicted octanol–water partition coefficient (Wildman–Crippen LogP) is 2.04. The minimum atomic E-state index is 0.302. The van der Waals surface area contributed by atoms with E-state index in [1.54, 1.807) is 17.7 Å². The summed E-state index contributed by atoms with van der Waals surface area (Å²) in [5, 5.41) is 0.981. The summed E-state index contributed by atoms with van der Waals surface area (Å²) in [6.07, 6.45) is 11.0. The summed E-state index contributed by atoms with van der Waals surface area (Å²) in [6.45, 7) is 6.64. The smallest absolute Gasteiger partial charge is 0.237 e. The van der Waals surface area contributed by atoms with Gasteiger partial charge in [-0.25, -0.2) is 15.0 Å². The average Bonchev–Trinajstić information content (AvgIpc) is 3.49. The Kier molecular flexibility index (Phi) is 5.56. The molecular weight excluding hydrogens is 384 g/mol. The number of fused-ring (bicyclic) bond motifs is 1. The fraction of sp³-hybridized carbons (Fsp3) is 0.619. The van der Waals surface area contributed by atoms with Crippen molar-refractivity contribution in [3.05, 3.63) is 29.3 Å². The van der Waals surface area contributed by atoms with E-state index in [0.29, 0.717) is 18.5 Å². The third-order valence-corrected chi connectivity index (χ3v) is 7.47. The molecule has 0 radical (unpaired) electrons. The molecule has 5 heterocycles. The van der Waals surface area contributed by atoms with Crippen LogP contribution in [0.15, 0.2) is 18.7 Å². The fourth-order valence-electron chi connectivity index (χ4n) is 4.82. The van der Waals surface area contributed by atoms with Crippen molar-refractivity contribution in [3.63, 3.8) is 0 Å². The van der Waals surface area contributed by atoms with Crippen molar-refractivity contribution in [2.45, 2.75) is 44.7 Å². The Labute approximate surface area is 175 Å². The van der Waals surface area contributed by atoms with Crippen LogP contribution in [0.1, 0.15) is 36.3 Å². The van der Waals surface area contributed by atoms with Crippen molar-refractivity contribution in [1.82, 2.24) is 29.7 Å². The van der Waals surface area contributed by atoms with Gasteiger partial charge in [-0.2, -0.15) is 0 Å². The number of carbonyl (C=O) groups excluding carboxylic acids is 1. The first-order chi connectivity index (χ1) is 14.3. The Morgan fingerprint density at radius 3 is 2.72 bits per heavy atom. The number of aromatic nitrogens is 3. The molecule has 1 unspecified atom stereocenters. The van der Waals surface area contributed by atoms with Crippen LogP contribution >= 0.6 is 11.3 Å². The molecule has 0 aliphatic carbocycles. The SMILES string of the molecule is O=C(CN1CCc2nc(-c3cncnc3)sc2C1)N1CCCC1CN1CCCC1. The standard InChI is InChI=1S/C21H28N6OS/c28-20(27-8-3-4-17(27)12-25-6-1-2-7-25)14-26-9-5-18-19(13-26)29-21(24-18)16-10-22-15-23-11-16/h10-11,15,17H,1-9,12-14H2. The average molecular weight is 413 g/mol. The molecule has 1 amide bonds. The summed E-state index contributed by atoms with van der Waals surface area (Å²) < 4.78 is 0. The number of carbonyl (C=O) groups is 1. The highest BCUT2D eigenvalue weighted by molar-refractivity contribution is 7.15. The van der Waals surface area contributed by atoms with Gasteiger partial charge in [0.15, 0.2) is 0 Å². The molecule has 0 bridgehead atoms. The Bertz CT molecular complexity index is 850. The van der Waals surface area contributed by atoms with Gasteiger partial charge in [0.2, 0.25) is 5.91 Å². The maximum absolute atomic E-state index is 13.1. The molecule has 3 aliphatic rings. The van der Waals surface area contributed by atoms with Gasteiger partial charge in [-0.3, -0.25) is 9.69 Å². The molecular formula is C21H28N6OS. The second-order valence-corrected chi connectivity index (χ2v) is 9.45. The van der Waals surface area contributed by atoms with Gasteiger partial charge in [0.25, 0.3) is 0 Å². The highest BCUT2D eigenvalue weighted by atomic mass is 32.1. The molecule has 0 N–H and O–H groups in total. The van der Waals surface area contributed by atoms with Gasteiger partial charge in [-0.05, 0) is 38.8 Å². The van der Waals surface area contributed by atoms with Crippen LogP contribution in [-0.4, -0.2) is 80.9 Å². The number of rotatable bonds is 5. The largest absolute Gasteiger partial charge is 0.337 e. The molecule has 0 spiro atoms. The van der Waals surface area contributed by atoms with Crippen molar-refractivity contribution >= 4 is 17.2 Å². The van der Waals surface area contributed by atoms with E-state index in [0.717, 1.165) is 56.0 Å². The molecule has 2 fully saturated rings. The zero-order valence-electron chi connectivity index (χ0n) is 16.8. The van der Waals surface area contributed by atoms with Crippen molar-refractivity contribution in [2.75, 3.05) is 39.3 Å². The Morgan fingerprint density at radius 1 is 1.07 bits per heavy atom. The lowest BCUT2D eigenvalue weighted by atomic mass is 10.1. The van der Waals surface area contributed by atoms with Crippen LogP contribution in [0.5, 0.6) is 0 Å². The molecule has 8 heteroatoms. The van der Waals surface area contributed by atoms with Gasteiger partial charge in [0.1, 0.15) is 11.3 Å². The Balaban J connectivity index is 1.20. The topological polar surface area (TPSA) is 65.5 Å². The zero-order chi connectivity index (χ0) is 19.6. The Hall–Kier alpha value is -1.90. The molecule has 1 atom stereocenters. The van der Waals surface area contributed by atoms with Crippen molar-refractivity contribution in [3.8, 4) is 10.6 Å². The summed E-state index contributed by atoms with van der Waals surface area (Å²) in [7, 11) is 0. The molecule has 3 aliphatic heterocycles. The quantitative estimate of drug-likeness (QED) is 0.749. The normalized spacial score (nSPS) is 22.9. The van der Waals surface area contributed by atoms with Crippen LogP contribution in [0, 0.1) is 0 Å². The maximum atomic E-state index is 13.1. The molecule has 2 aromatic rings. The summed E-state index contributed by atoms with van der Waals surface area (Å²) in [4.78, 5) is 34.3. The molecule has 0 saturated carbocycles. The van der Waals surface area contributed by atoms with E-state index in [9.17, 15) is 4.79 Å². The predicted molar refractivity (Wildman–Crippen MR) is 113 cm³/mol. The second-order valence-electron chi connectivity index (χ2n) is 8.37. The number of hydrogen-bond acceptors (Lipinski definition) is 7. The van der Waals surface area contributed by atoms with E-state index in [-0.39, 0.29) is 0 Å². The number of likely N-dealkylation sites (tertiary alicyclic amines) is 2. The lowest BCUT2D eigenvalue weighted by Gasteiger charge is -2.32. The summed E-state index contributed by atoms with van der Waals surface area (Å²) in [5.74, 6) is 0.302. The number of thiazole rings is 1. The summed E-state index contributed by atoms with van der Waals surface area (Å²) in [5.41, 5.74) is 2.14. The van der Waals surface area contributed by atoms with E-state index >= 15 is 0 Å². The summed E-state index contributed by atoms with van der Waals surface area (Å²) in [6, 6.07) is 0.411. The van der Waals surface area contributed by atoms with Crippen molar-refractivity contribution < 1.29 is 4.79 Å². The third-order valence-electron chi connectivity index (χ3n) is 6.34. The molecule has 2 aromatic heterocycles. The molecule has 2 saturated heterocycles. The van der Waals surface area contributed by atoms with Gasteiger partial charge in [-0.1, -0.05) is 0 Å². The van der Waals surface area contributed by atoms with Gasteiger partial charge < -0.3 is 9.80 Å². The lowest BCUT2D eigenvalue weighted by molar-refractivity contribution is -0.133. The lowest BCUT2D eigenvalue weighted by Crippen LogP contribution is -2.47. The highest BCUT2D eigenvalue weighted by Gasteiger charge is 2.32. The second kappa shape index (κ2) is 8.45. The van der Waals surface area contributed by atoms with E-state index < -0.39 is 0 Å². The van der Waals surface area contributed by atoms with Gasteiger partial charge in [0.05, 0.1) is 12.2 Å². The first kappa shape index (κ1) is 19.1. The third kappa shape index (κ3) is 4.20. The van der Waals surface area contributed by atoms with Crippen LogP contribution in [0.4, 0.5) is 0 Å². The molecule has 154 valence electrons. The van der Waals surface area contributed by atoms with Gasteiger partial charge >= 0.3 is 0 Å². The number of amides is 1. The molecule has 29 heavy (non-hydrogen) atoms. The van der Waals surface area contributed by atoms with E-state index in [2.05, 4.69) is 24.7 Å². The molecule has 5 rings (SSSR count). The van der Waals surface area contributed by atoms with Crippen LogP contribution in [0.2, 0.25) is 0 Å². The van der Waals surface area contributed by atoms with Crippen LogP contribution in [0.3, 0.4) is 0 Å². The van der Waals surface area contributed by atoms with Crippen molar-refractivity contribution in [1.29, 1.82) is 0 Å². The minimum absolute atomic E-state index is 0.302. The molecule has 7 nitrogen and oxygen atoms in total. The van der Waals surface area contributed by atoms with Crippen molar-refractivity contribution in [2.24, 2.45) is 0 Å². The van der Waals surface area contributed by atoms with E-state index in [4.69, 9.17) is 4.98 Å². The monoisotopic (exact) mass is 412 g/mol. The van der Waals surface area contributed by atoms with Crippen LogP contribution in [-0.2, 0) is 17.8 Å². The van der Waals surface area contributed by atoms with E-state index in [1.807, 2.05) is 12.4 Å². The zero-order valence-corrected chi connectivity index (χ0v) is 17.6. The maximum Gasteiger partial charge on any atom is 0.237 e. The fourth-order valence-corrected chi connectivity index (χ4v) is 5.94. The first-order valence-corrected chi connectivity index (χ1v) is 11.6. The molecule has 0 aromatic carbocycles. The Morgan fingerprint density at radius 2 is 1.90 bits per heavy atom. The highest BCUT2D eigenvalue weighted by Crippen LogP contribution is 2.31. The first-order valence-electron chi connectivity index (χ1n) is 10.7. The summed E-state index contributed by atoms with van der Waals surface area (Å²) >= 11 is 1.71.